The quantitative estimate of drug-likeness (QED) is 0.704. The SMILES string of the molecule is COC(CS(=O)(=O)N(Cc1cccnc1)c1ccc(F)cc1F)C1CC1. The molecule has 1 fully saturated rings. The number of aromatic nitrogens is 1. The summed E-state index contributed by atoms with van der Waals surface area (Å²) in [7, 11) is -2.43. The lowest BCUT2D eigenvalue weighted by molar-refractivity contribution is 0.102. The summed E-state index contributed by atoms with van der Waals surface area (Å²) in [4.78, 5) is 3.97. The monoisotopic (exact) mass is 382 g/mol. The zero-order chi connectivity index (χ0) is 18.7. The van der Waals surface area contributed by atoms with E-state index in [2.05, 4.69) is 4.98 Å². The zero-order valence-electron chi connectivity index (χ0n) is 14.3. The molecule has 1 aliphatic rings. The van der Waals surface area contributed by atoms with Gasteiger partial charge in [0.2, 0.25) is 10.0 Å². The van der Waals surface area contributed by atoms with Gasteiger partial charge >= 0.3 is 0 Å². The molecule has 0 N–H and O–H groups in total. The van der Waals surface area contributed by atoms with E-state index >= 15 is 0 Å². The van der Waals surface area contributed by atoms with Gasteiger partial charge < -0.3 is 4.74 Å². The normalized spacial score (nSPS) is 15.7. The minimum atomic E-state index is -3.91. The van der Waals surface area contributed by atoms with Gasteiger partial charge in [-0.25, -0.2) is 17.2 Å². The summed E-state index contributed by atoms with van der Waals surface area (Å²) in [6, 6.07) is 6.22. The molecule has 0 amide bonds. The lowest BCUT2D eigenvalue weighted by Crippen LogP contribution is -2.38. The van der Waals surface area contributed by atoms with Crippen molar-refractivity contribution in [1.82, 2.24) is 4.98 Å². The van der Waals surface area contributed by atoms with Crippen LogP contribution in [0.3, 0.4) is 0 Å². The first-order valence-corrected chi connectivity index (χ1v) is 9.89. The average Bonchev–Trinajstić information content (AvgIpc) is 3.44. The molecule has 0 aliphatic heterocycles. The highest BCUT2D eigenvalue weighted by molar-refractivity contribution is 7.92. The summed E-state index contributed by atoms with van der Waals surface area (Å²) in [6.07, 6.45) is 4.47. The predicted octanol–water partition coefficient (Wildman–Crippen LogP) is 3.12. The highest BCUT2D eigenvalue weighted by atomic mass is 32.2. The zero-order valence-corrected chi connectivity index (χ0v) is 15.1. The summed E-state index contributed by atoms with van der Waals surface area (Å²) < 4.78 is 60.0. The Morgan fingerprint density at radius 3 is 2.65 bits per heavy atom. The van der Waals surface area contributed by atoms with Gasteiger partial charge in [-0.1, -0.05) is 6.07 Å². The van der Waals surface area contributed by atoms with E-state index in [-0.39, 0.29) is 23.9 Å². The largest absolute Gasteiger partial charge is 0.380 e. The predicted molar refractivity (Wildman–Crippen MR) is 94.1 cm³/mol. The van der Waals surface area contributed by atoms with Crippen LogP contribution >= 0.6 is 0 Å². The molecular weight excluding hydrogens is 362 g/mol. The summed E-state index contributed by atoms with van der Waals surface area (Å²) in [5.74, 6) is -1.76. The van der Waals surface area contributed by atoms with E-state index in [0.29, 0.717) is 11.6 Å². The average molecular weight is 382 g/mol. The molecule has 0 spiro atoms. The van der Waals surface area contributed by atoms with Crippen LogP contribution in [0.1, 0.15) is 18.4 Å². The Labute approximate surface area is 151 Å². The van der Waals surface area contributed by atoms with Gasteiger partial charge in [-0.2, -0.15) is 0 Å². The Hall–Kier alpha value is -2.06. The Morgan fingerprint density at radius 1 is 1.31 bits per heavy atom. The van der Waals surface area contributed by atoms with Crippen molar-refractivity contribution in [1.29, 1.82) is 0 Å². The van der Waals surface area contributed by atoms with Crippen LogP contribution in [0.2, 0.25) is 0 Å². The molecule has 1 aromatic heterocycles. The first-order valence-electron chi connectivity index (χ1n) is 8.28. The molecule has 1 aliphatic carbocycles. The van der Waals surface area contributed by atoms with Crippen molar-refractivity contribution in [3.05, 3.63) is 59.9 Å². The molecule has 1 atom stereocenters. The van der Waals surface area contributed by atoms with Crippen molar-refractivity contribution < 1.29 is 21.9 Å². The van der Waals surface area contributed by atoms with Gasteiger partial charge in [0.1, 0.15) is 11.6 Å². The van der Waals surface area contributed by atoms with Crippen LogP contribution in [0.5, 0.6) is 0 Å². The molecule has 140 valence electrons. The van der Waals surface area contributed by atoms with E-state index < -0.39 is 27.8 Å². The third-order valence-corrected chi connectivity index (χ3v) is 6.14. The molecule has 5 nitrogen and oxygen atoms in total. The maximum Gasteiger partial charge on any atom is 0.238 e. The van der Waals surface area contributed by atoms with E-state index in [9.17, 15) is 17.2 Å². The third kappa shape index (κ3) is 4.37. The number of benzene rings is 1. The Morgan fingerprint density at radius 2 is 2.08 bits per heavy atom. The van der Waals surface area contributed by atoms with Crippen LogP contribution in [0, 0.1) is 17.6 Å². The fraction of sp³-hybridized carbons (Fsp3) is 0.389. The first kappa shape index (κ1) is 18.7. The standard InChI is InChI=1S/C18H20F2N2O3S/c1-25-18(14-4-5-14)12-26(23,24)22(11-13-3-2-8-21-10-13)17-7-6-15(19)9-16(17)20/h2-3,6-10,14,18H,4-5,11-12H2,1H3. The van der Waals surface area contributed by atoms with Gasteiger partial charge in [0.05, 0.1) is 24.1 Å². The van der Waals surface area contributed by atoms with Gasteiger partial charge in [0, 0.05) is 25.6 Å². The van der Waals surface area contributed by atoms with E-state index in [4.69, 9.17) is 4.74 Å². The van der Waals surface area contributed by atoms with Crippen molar-refractivity contribution in [3.63, 3.8) is 0 Å². The number of anilines is 1. The summed E-state index contributed by atoms with van der Waals surface area (Å²) in [6.45, 7) is -0.0974. The maximum atomic E-state index is 14.3. The van der Waals surface area contributed by atoms with Crippen LogP contribution in [-0.4, -0.2) is 32.4 Å². The van der Waals surface area contributed by atoms with Gasteiger partial charge in [-0.15, -0.1) is 0 Å². The topological polar surface area (TPSA) is 59.5 Å². The Balaban J connectivity index is 1.96. The summed E-state index contributed by atoms with van der Waals surface area (Å²) in [5, 5.41) is 0. The number of halogens is 2. The number of hydrogen-bond acceptors (Lipinski definition) is 4. The molecule has 26 heavy (non-hydrogen) atoms. The first-order chi connectivity index (χ1) is 12.4. The molecule has 0 radical (unpaired) electrons. The number of sulfonamides is 1. The smallest absolute Gasteiger partial charge is 0.238 e. The van der Waals surface area contributed by atoms with Crippen molar-refractivity contribution in [2.75, 3.05) is 17.2 Å². The summed E-state index contributed by atoms with van der Waals surface area (Å²) >= 11 is 0. The molecule has 1 saturated carbocycles. The lowest BCUT2D eigenvalue weighted by Gasteiger charge is -2.27. The molecule has 2 aromatic rings. The molecule has 1 aromatic carbocycles. The Kier molecular flexibility index (Phi) is 5.52. The minimum Gasteiger partial charge on any atom is -0.380 e. The van der Waals surface area contributed by atoms with E-state index in [1.165, 1.54) is 13.3 Å². The molecule has 3 rings (SSSR count). The van der Waals surface area contributed by atoms with Gasteiger partial charge in [-0.05, 0) is 42.5 Å². The van der Waals surface area contributed by atoms with Crippen LogP contribution in [0.25, 0.3) is 0 Å². The van der Waals surface area contributed by atoms with Gasteiger partial charge in [0.15, 0.2) is 0 Å². The van der Waals surface area contributed by atoms with E-state index in [0.717, 1.165) is 29.3 Å². The van der Waals surface area contributed by atoms with Crippen molar-refractivity contribution in [2.24, 2.45) is 5.92 Å². The van der Waals surface area contributed by atoms with Crippen LogP contribution < -0.4 is 4.31 Å². The number of hydrogen-bond donors (Lipinski definition) is 0. The minimum absolute atomic E-state index is 0.0974. The van der Waals surface area contributed by atoms with Crippen LogP contribution in [0.15, 0.2) is 42.7 Å². The van der Waals surface area contributed by atoms with Gasteiger partial charge in [0.25, 0.3) is 0 Å². The Bertz CT molecular complexity index is 858. The van der Waals surface area contributed by atoms with Crippen LogP contribution in [0.4, 0.5) is 14.5 Å². The van der Waals surface area contributed by atoms with Crippen molar-refractivity contribution in [3.8, 4) is 0 Å². The van der Waals surface area contributed by atoms with Crippen molar-refractivity contribution in [2.45, 2.75) is 25.5 Å². The lowest BCUT2D eigenvalue weighted by atomic mass is 10.2. The molecule has 1 unspecified atom stereocenters. The van der Waals surface area contributed by atoms with E-state index in [1.54, 1.807) is 18.3 Å². The van der Waals surface area contributed by atoms with E-state index in [1.807, 2.05) is 0 Å². The highest BCUT2D eigenvalue weighted by Gasteiger charge is 2.37. The second-order valence-electron chi connectivity index (χ2n) is 6.35. The number of nitrogens with zero attached hydrogens (tertiary/aromatic N) is 2. The maximum absolute atomic E-state index is 14.3. The third-order valence-electron chi connectivity index (χ3n) is 4.39. The number of pyridine rings is 1. The number of rotatable bonds is 8. The molecule has 0 saturated heterocycles. The molecular formula is C18H20F2N2O3S. The van der Waals surface area contributed by atoms with Crippen molar-refractivity contribution >= 4 is 15.7 Å². The highest BCUT2D eigenvalue weighted by Crippen LogP contribution is 2.36. The fourth-order valence-electron chi connectivity index (χ4n) is 2.84. The molecule has 0 bridgehead atoms. The number of ether oxygens (including phenoxy) is 1. The summed E-state index contributed by atoms with van der Waals surface area (Å²) in [5.41, 5.74) is 0.404. The molecule has 1 heterocycles. The second kappa shape index (κ2) is 7.67. The second-order valence-corrected chi connectivity index (χ2v) is 8.29. The molecule has 8 heteroatoms. The fourth-order valence-corrected chi connectivity index (χ4v) is 4.63. The van der Waals surface area contributed by atoms with Gasteiger partial charge in [-0.3, -0.25) is 9.29 Å². The van der Waals surface area contributed by atoms with Crippen LogP contribution in [-0.2, 0) is 21.3 Å². The number of methoxy groups -OCH3 is 1.